The maximum Gasteiger partial charge on any atom is 0.327 e. The van der Waals surface area contributed by atoms with Crippen molar-refractivity contribution in [3.05, 3.63) is 10.4 Å². The minimum absolute atomic E-state index is 0.194. The molecule has 0 spiro atoms. The van der Waals surface area contributed by atoms with Crippen molar-refractivity contribution in [2.24, 2.45) is 5.11 Å². The lowest BCUT2D eigenvalue weighted by Gasteiger charge is -2.26. The summed E-state index contributed by atoms with van der Waals surface area (Å²) in [7, 11) is 0. The first-order chi connectivity index (χ1) is 7.75. The number of ether oxygens (including phenoxy) is 1. The van der Waals surface area contributed by atoms with Crippen LogP contribution >= 0.6 is 11.8 Å². The molecule has 90 valence electrons. The van der Waals surface area contributed by atoms with Crippen molar-refractivity contribution < 1.29 is 9.53 Å². The predicted octanol–water partition coefficient (Wildman–Crippen LogP) is 1.33. The van der Waals surface area contributed by atoms with Crippen molar-refractivity contribution in [1.82, 2.24) is 5.32 Å². The van der Waals surface area contributed by atoms with E-state index in [1.807, 2.05) is 0 Å². The van der Waals surface area contributed by atoms with Crippen LogP contribution in [0.3, 0.4) is 0 Å². The minimum atomic E-state index is -0.578. The predicted molar refractivity (Wildman–Crippen MR) is 63.3 cm³/mol. The number of hydrogen-bond donors (Lipinski definition) is 1. The molecule has 0 amide bonds. The number of carbonyl (C=O) groups excluding carboxylic acids is 1. The van der Waals surface area contributed by atoms with E-state index in [-0.39, 0.29) is 5.97 Å². The molecule has 1 rings (SSSR count). The van der Waals surface area contributed by atoms with Gasteiger partial charge in [-0.05, 0) is 24.6 Å². The topological polar surface area (TPSA) is 87.1 Å². The van der Waals surface area contributed by atoms with Crippen LogP contribution in [-0.2, 0) is 9.53 Å². The van der Waals surface area contributed by atoms with Crippen LogP contribution in [0.5, 0.6) is 0 Å². The third-order valence-corrected chi connectivity index (χ3v) is 3.62. The molecule has 1 heterocycles. The van der Waals surface area contributed by atoms with Gasteiger partial charge in [0.05, 0.1) is 6.61 Å². The fourth-order valence-electron chi connectivity index (χ4n) is 1.60. The van der Waals surface area contributed by atoms with E-state index in [9.17, 15) is 4.79 Å². The summed E-state index contributed by atoms with van der Waals surface area (Å²) in [5, 5.41) is 6.58. The van der Waals surface area contributed by atoms with Crippen molar-refractivity contribution in [1.29, 1.82) is 0 Å². The van der Waals surface area contributed by atoms with Gasteiger partial charge in [-0.25, -0.2) is 0 Å². The van der Waals surface area contributed by atoms with Gasteiger partial charge >= 0.3 is 5.97 Å². The van der Waals surface area contributed by atoms with E-state index in [1.54, 1.807) is 18.7 Å². The third-order valence-electron chi connectivity index (χ3n) is 2.43. The van der Waals surface area contributed by atoms with Gasteiger partial charge < -0.3 is 10.1 Å². The summed E-state index contributed by atoms with van der Waals surface area (Å²) in [6.07, 6.45) is 0.771. The van der Waals surface area contributed by atoms with Crippen molar-refractivity contribution in [2.75, 3.05) is 31.2 Å². The van der Waals surface area contributed by atoms with Gasteiger partial charge in [-0.2, -0.15) is 11.8 Å². The van der Waals surface area contributed by atoms with Gasteiger partial charge in [0.15, 0.2) is 0 Å². The number of thioether (sulfide) groups is 1. The standard InChI is InChI=1S/C9H16N4O2S/c1-2-15-8(14)9(3-6-16-7-9)11-4-5-12-13-10/h11H,2-7H2,1H3. The first-order valence-electron chi connectivity index (χ1n) is 5.26. The van der Waals surface area contributed by atoms with E-state index in [0.717, 1.165) is 17.9 Å². The second-order valence-corrected chi connectivity index (χ2v) is 4.59. The molecule has 0 aliphatic carbocycles. The van der Waals surface area contributed by atoms with E-state index in [4.69, 9.17) is 10.3 Å². The van der Waals surface area contributed by atoms with Gasteiger partial charge in [0.25, 0.3) is 0 Å². The Morgan fingerprint density at radius 1 is 1.75 bits per heavy atom. The third kappa shape index (κ3) is 3.30. The molecule has 7 heteroatoms. The normalized spacial score (nSPS) is 23.8. The van der Waals surface area contributed by atoms with Gasteiger partial charge in [-0.15, -0.1) is 0 Å². The molecule has 1 fully saturated rings. The van der Waals surface area contributed by atoms with Gasteiger partial charge in [0.1, 0.15) is 5.54 Å². The van der Waals surface area contributed by atoms with Crippen molar-refractivity contribution in [3.63, 3.8) is 0 Å². The summed E-state index contributed by atoms with van der Waals surface area (Å²) in [6.45, 7) is 3.04. The van der Waals surface area contributed by atoms with E-state index < -0.39 is 5.54 Å². The maximum absolute atomic E-state index is 11.8. The number of nitrogens with zero attached hydrogens (tertiary/aromatic N) is 3. The average molecular weight is 244 g/mol. The molecule has 1 unspecified atom stereocenters. The largest absolute Gasteiger partial charge is 0.465 e. The number of azide groups is 1. The molecule has 0 saturated carbocycles. The molecule has 16 heavy (non-hydrogen) atoms. The zero-order valence-electron chi connectivity index (χ0n) is 9.31. The molecule has 0 aromatic rings. The van der Waals surface area contributed by atoms with Crippen LogP contribution in [-0.4, -0.2) is 42.7 Å². The number of hydrogen-bond acceptors (Lipinski definition) is 5. The SMILES string of the molecule is CCOC(=O)C1(NCCN=[N+]=[N-])CCSC1. The second-order valence-electron chi connectivity index (χ2n) is 3.49. The fourth-order valence-corrected chi connectivity index (χ4v) is 2.95. The van der Waals surface area contributed by atoms with Crippen LogP contribution in [0, 0.1) is 0 Å². The van der Waals surface area contributed by atoms with Crippen LogP contribution in [0.15, 0.2) is 5.11 Å². The average Bonchev–Trinajstić information content (AvgIpc) is 2.75. The van der Waals surface area contributed by atoms with Crippen LogP contribution in [0.4, 0.5) is 0 Å². The highest BCUT2D eigenvalue weighted by Gasteiger charge is 2.42. The molecule has 1 saturated heterocycles. The Kier molecular flexibility index (Phi) is 5.45. The monoisotopic (exact) mass is 244 g/mol. The summed E-state index contributed by atoms with van der Waals surface area (Å²) in [5.41, 5.74) is 7.57. The molecule has 6 nitrogen and oxygen atoms in total. The highest BCUT2D eigenvalue weighted by molar-refractivity contribution is 7.99. The molecule has 1 atom stereocenters. The van der Waals surface area contributed by atoms with Crippen molar-refractivity contribution >= 4 is 17.7 Å². The van der Waals surface area contributed by atoms with Crippen molar-refractivity contribution in [2.45, 2.75) is 18.9 Å². The van der Waals surface area contributed by atoms with Crippen LogP contribution in [0.2, 0.25) is 0 Å². The molecular weight excluding hydrogens is 228 g/mol. The zero-order chi connectivity index (χ0) is 11.9. The van der Waals surface area contributed by atoms with Gasteiger partial charge in [0.2, 0.25) is 0 Å². The summed E-state index contributed by atoms with van der Waals surface area (Å²) in [6, 6.07) is 0. The molecule has 0 aromatic carbocycles. The lowest BCUT2D eigenvalue weighted by molar-refractivity contribution is -0.150. The van der Waals surface area contributed by atoms with E-state index in [2.05, 4.69) is 15.3 Å². The Morgan fingerprint density at radius 2 is 2.56 bits per heavy atom. The Morgan fingerprint density at radius 3 is 3.12 bits per heavy atom. The molecule has 1 aliphatic rings. The fraction of sp³-hybridized carbons (Fsp3) is 0.889. The van der Waals surface area contributed by atoms with Crippen LogP contribution in [0.1, 0.15) is 13.3 Å². The second kappa shape index (κ2) is 6.62. The number of nitrogens with one attached hydrogen (secondary N) is 1. The number of carbonyl (C=O) groups is 1. The molecule has 0 radical (unpaired) electrons. The maximum atomic E-state index is 11.8. The summed E-state index contributed by atoms with van der Waals surface area (Å²) < 4.78 is 5.07. The zero-order valence-corrected chi connectivity index (χ0v) is 10.1. The highest BCUT2D eigenvalue weighted by Crippen LogP contribution is 2.29. The van der Waals surface area contributed by atoms with Crippen molar-refractivity contribution in [3.8, 4) is 0 Å². The first kappa shape index (κ1) is 13.2. The smallest absolute Gasteiger partial charge is 0.327 e. The number of rotatable bonds is 6. The Bertz CT molecular complexity index is 285. The molecule has 1 aliphatic heterocycles. The van der Waals surface area contributed by atoms with E-state index in [1.165, 1.54) is 0 Å². The van der Waals surface area contributed by atoms with Gasteiger partial charge in [-0.1, -0.05) is 5.11 Å². The molecule has 1 N–H and O–H groups in total. The Hall–Kier alpha value is -0.910. The first-order valence-corrected chi connectivity index (χ1v) is 6.41. The lowest BCUT2D eigenvalue weighted by atomic mass is 9.99. The molecule has 0 bridgehead atoms. The van der Waals surface area contributed by atoms with E-state index in [0.29, 0.717) is 19.7 Å². The summed E-state index contributed by atoms with van der Waals surface area (Å²) in [4.78, 5) is 14.5. The summed E-state index contributed by atoms with van der Waals surface area (Å²) >= 11 is 1.73. The minimum Gasteiger partial charge on any atom is -0.465 e. The van der Waals surface area contributed by atoms with Gasteiger partial charge in [0, 0.05) is 23.8 Å². The van der Waals surface area contributed by atoms with Crippen LogP contribution in [0.25, 0.3) is 10.4 Å². The lowest BCUT2D eigenvalue weighted by Crippen LogP contribution is -2.54. The van der Waals surface area contributed by atoms with E-state index >= 15 is 0 Å². The molecular formula is C9H16N4O2S. The van der Waals surface area contributed by atoms with Crippen LogP contribution < -0.4 is 5.32 Å². The van der Waals surface area contributed by atoms with Gasteiger partial charge in [-0.3, -0.25) is 4.79 Å². The summed E-state index contributed by atoms with van der Waals surface area (Å²) in [5.74, 6) is 1.48. The quantitative estimate of drug-likeness (QED) is 0.251. The Labute approximate surface area is 98.7 Å². The Balaban J connectivity index is 2.51. The molecule has 0 aromatic heterocycles. The highest BCUT2D eigenvalue weighted by atomic mass is 32.2. The number of esters is 1.